The van der Waals surface area contributed by atoms with Crippen LogP contribution in [-0.2, 0) is 4.79 Å². The molecule has 37 heavy (non-hydrogen) atoms. The summed E-state index contributed by atoms with van der Waals surface area (Å²) in [6, 6.07) is 8.82. The Morgan fingerprint density at radius 1 is 1.05 bits per heavy atom. The number of amides is 3. The molecule has 0 bridgehead atoms. The third-order valence-electron chi connectivity index (χ3n) is 7.09. The highest BCUT2D eigenvalue weighted by atomic mass is 35.5. The third-order valence-corrected chi connectivity index (χ3v) is 7.09. The van der Waals surface area contributed by atoms with E-state index in [9.17, 15) is 28.0 Å². The van der Waals surface area contributed by atoms with E-state index in [2.05, 4.69) is 16.3 Å². The van der Waals surface area contributed by atoms with E-state index in [1.165, 1.54) is 18.2 Å². The fourth-order valence-corrected chi connectivity index (χ4v) is 5.19. The monoisotopic (exact) mass is 534 g/mol. The lowest BCUT2D eigenvalue weighted by atomic mass is 9.86. The van der Waals surface area contributed by atoms with Crippen molar-refractivity contribution in [2.45, 2.75) is 50.5 Å². The molecule has 4 rings (SSSR count). The maximum absolute atomic E-state index is 13.7. The van der Waals surface area contributed by atoms with E-state index in [-0.39, 0.29) is 30.7 Å². The van der Waals surface area contributed by atoms with Crippen LogP contribution >= 0.6 is 12.4 Å². The molecular formula is C27H30ClF3N4O2. The van der Waals surface area contributed by atoms with Crippen LogP contribution in [0.1, 0.15) is 67.2 Å². The van der Waals surface area contributed by atoms with Crippen LogP contribution in [0.5, 0.6) is 0 Å². The van der Waals surface area contributed by atoms with Gasteiger partial charge in [0.2, 0.25) is 5.91 Å². The van der Waals surface area contributed by atoms with E-state index in [1.54, 1.807) is 6.07 Å². The van der Waals surface area contributed by atoms with Crippen molar-refractivity contribution in [3.8, 4) is 6.07 Å². The first-order valence-electron chi connectivity index (χ1n) is 12.3. The number of benzene rings is 2. The average molecular weight is 535 g/mol. The second-order valence-electron chi connectivity index (χ2n) is 9.39. The SMILES string of the molecule is Cl.N#Cc1cc(F)ccc1C1CCN(CCCNC(=O)N2C(=O)CCC[C@H]2c2ccc(F)c(F)c2)CC1. The van der Waals surface area contributed by atoms with Crippen molar-refractivity contribution in [1.29, 1.82) is 5.26 Å². The molecule has 3 amide bonds. The zero-order chi connectivity index (χ0) is 25.7. The maximum Gasteiger partial charge on any atom is 0.324 e. The highest BCUT2D eigenvalue weighted by Gasteiger charge is 2.34. The number of likely N-dealkylation sites (tertiary alicyclic amines) is 2. The molecule has 0 radical (unpaired) electrons. The summed E-state index contributed by atoms with van der Waals surface area (Å²) in [5.74, 6) is -2.48. The van der Waals surface area contributed by atoms with E-state index >= 15 is 0 Å². The second-order valence-corrected chi connectivity index (χ2v) is 9.39. The van der Waals surface area contributed by atoms with Gasteiger partial charge in [-0.15, -0.1) is 12.4 Å². The summed E-state index contributed by atoms with van der Waals surface area (Å²) in [5.41, 5.74) is 1.69. The molecule has 1 atom stereocenters. The van der Waals surface area contributed by atoms with Crippen LogP contribution in [0.4, 0.5) is 18.0 Å². The van der Waals surface area contributed by atoms with E-state index in [1.807, 2.05) is 0 Å². The van der Waals surface area contributed by atoms with E-state index in [0.29, 0.717) is 36.9 Å². The Hall–Kier alpha value is -3.09. The van der Waals surface area contributed by atoms with Gasteiger partial charge in [-0.1, -0.05) is 12.1 Å². The van der Waals surface area contributed by atoms with Crippen molar-refractivity contribution in [3.05, 3.63) is 70.5 Å². The minimum Gasteiger partial charge on any atom is -0.338 e. The van der Waals surface area contributed by atoms with Crippen LogP contribution in [0.2, 0.25) is 0 Å². The summed E-state index contributed by atoms with van der Waals surface area (Å²) in [4.78, 5) is 28.8. The highest BCUT2D eigenvalue weighted by molar-refractivity contribution is 5.95. The number of hydrogen-bond acceptors (Lipinski definition) is 4. The van der Waals surface area contributed by atoms with Gasteiger partial charge in [0.05, 0.1) is 17.7 Å². The lowest BCUT2D eigenvalue weighted by Crippen LogP contribution is -2.48. The molecule has 2 aliphatic heterocycles. The molecule has 2 aliphatic rings. The van der Waals surface area contributed by atoms with Crippen LogP contribution < -0.4 is 5.32 Å². The van der Waals surface area contributed by atoms with Crippen molar-refractivity contribution in [3.63, 3.8) is 0 Å². The molecule has 0 aromatic heterocycles. The van der Waals surface area contributed by atoms with Gasteiger partial charge in [-0.25, -0.2) is 18.0 Å². The number of nitrogens with one attached hydrogen (secondary N) is 1. The Kier molecular flexibility index (Phi) is 9.95. The number of piperidine rings is 2. The molecule has 0 spiro atoms. The van der Waals surface area contributed by atoms with Crippen molar-refractivity contribution >= 4 is 24.3 Å². The molecule has 2 heterocycles. The van der Waals surface area contributed by atoms with E-state index in [4.69, 9.17) is 0 Å². The Labute approximate surface area is 220 Å². The lowest BCUT2D eigenvalue weighted by Gasteiger charge is -2.34. The summed E-state index contributed by atoms with van der Waals surface area (Å²) < 4.78 is 40.5. The fraction of sp³-hybridized carbons (Fsp3) is 0.444. The second kappa shape index (κ2) is 12.9. The predicted octanol–water partition coefficient (Wildman–Crippen LogP) is 5.43. The van der Waals surface area contributed by atoms with Gasteiger partial charge in [0, 0.05) is 13.0 Å². The molecule has 0 aliphatic carbocycles. The standard InChI is InChI=1S/C27H29F3N4O2.ClH/c28-21-6-7-22(20(15-21)17-31)18-9-13-33(14-10-18)12-2-11-32-27(36)34-25(3-1-4-26(34)35)19-5-8-23(29)24(30)16-19;/h5-8,15-16,18,25H,1-4,9-14H2,(H,32,36);1H/t25-;/m0./s1. The number of nitriles is 1. The van der Waals surface area contributed by atoms with Crippen LogP contribution in [0.15, 0.2) is 36.4 Å². The summed E-state index contributed by atoms with van der Waals surface area (Å²) in [6.07, 6.45) is 3.74. The van der Waals surface area contributed by atoms with Crippen molar-refractivity contribution < 1.29 is 22.8 Å². The number of carbonyl (C=O) groups is 2. The summed E-state index contributed by atoms with van der Waals surface area (Å²) in [7, 11) is 0. The largest absolute Gasteiger partial charge is 0.338 e. The Balaban J connectivity index is 0.00000380. The smallest absolute Gasteiger partial charge is 0.324 e. The number of carbonyl (C=O) groups excluding carboxylic acids is 2. The first-order valence-corrected chi connectivity index (χ1v) is 12.3. The molecule has 2 fully saturated rings. The van der Waals surface area contributed by atoms with Gasteiger partial charge in [-0.3, -0.25) is 9.69 Å². The third kappa shape index (κ3) is 6.82. The molecular weight excluding hydrogens is 505 g/mol. The number of imide groups is 1. The number of halogens is 4. The van der Waals surface area contributed by atoms with E-state index in [0.717, 1.165) is 55.1 Å². The van der Waals surface area contributed by atoms with Gasteiger partial charge < -0.3 is 10.2 Å². The van der Waals surface area contributed by atoms with Gasteiger partial charge in [-0.2, -0.15) is 5.26 Å². The Bertz CT molecular complexity index is 1160. The van der Waals surface area contributed by atoms with Crippen LogP contribution in [0.25, 0.3) is 0 Å². The van der Waals surface area contributed by atoms with Gasteiger partial charge in [0.15, 0.2) is 11.6 Å². The first kappa shape index (κ1) is 28.5. The summed E-state index contributed by atoms with van der Waals surface area (Å²) >= 11 is 0. The summed E-state index contributed by atoms with van der Waals surface area (Å²) in [5, 5.41) is 12.1. The molecule has 198 valence electrons. The van der Waals surface area contributed by atoms with Gasteiger partial charge in [-0.05, 0) is 93.0 Å². The number of rotatable bonds is 6. The molecule has 2 saturated heterocycles. The van der Waals surface area contributed by atoms with Crippen LogP contribution in [-0.4, -0.2) is 47.9 Å². The predicted molar refractivity (Wildman–Crippen MR) is 135 cm³/mol. The Morgan fingerprint density at radius 2 is 1.81 bits per heavy atom. The minimum absolute atomic E-state index is 0. The average Bonchev–Trinajstić information content (AvgIpc) is 2.88. The molecule has 2 aromatic rings. The zero-order valence-corrected chi connectivity index (χ0v) is 21.2. The normalized spacial score (nSPS) is 18.7. The number of hydrogen-bond donors (Lipinski definition) is 1. The molecule has 1 N–H and O–H groups in total. The topological polar surface area (TPSA) is 76.4 Å². The van der Waals surface area contributed by atoms with Crippen molar-refractivity contribution in [1.82, 2.24) is 15.1 Å². The van der Waals surface area contributed by atoms with Crippen molar-refractivity contribution in [2.75, 3.05) is 26.2 Å². The van der Waals surface area contributed by atoms with Gasteiger partial charge in [0.25, 0.3) is 0 Å². The minimum atomic E-state index is -1.00. The zero-order valence-electron chi connectivity index (χ0n) is 20.4. The van der Waals surface area contributed by atoms with Crippen LogP contribution in [0, 0.1) is 28.8 Å². The highest BCUT2D eigenvalue weighted by Crippen LogP contribution is 2.33. The maximum atomic E-state index is 13.7. The lowest BCUT2D eigenvalue weighted by molar-refractivity contribution is -0.132. The Morgan fingerprint density at radius 3 is 2.51 bits per heavy atom. The first-order chi connectivity index (χ1) is 17.4. The van der Waals surface area contributed by atoms with Crippen LogP contribution in [0.3, 0.4) is 0 Å². The molecule has 2 aromatic carbocycles. The van der Waals surface area contributed by atoms with E-state index < -0.39 is 29.5 Å². The van der Waals surface area contributed by atoms with Gasteiger partial charge >= 0.3 is 6.03 Å². The quantitative estimate of drug-likeness (QED) is 0.501. The molecule has 0 saturated carbocycles. The summed E-state index contributed by atoms with van der Waals surface area (Å²) in [6.45, 7) is 2.82. The van der Waals surface area contributed by atoms with Crippen molar-refractivity contribution in [2.24, 2.45) is 0 Å². The number of nitrogens with zero attached hydrogens (tertiary/aromatic N) is 3. The molecule has 6 nitrogen and oxygen atoms in total. The molecule has 10 heteroatoms. The number of urea groups is 1. The van der Waals surface area contributed by atoms with Gasteiger partial charge in [0.1, 0.15) is 5.82 Å². The molecule has 0 unspecified atom stereocenters. The fourth-order valence-electron chi connectivity index (χ4n) is 5.19.